The molecule has 9 heteroatoms. The standard InChI is InChI=1S/C20H21ClN4O3S/c1-15(20-22-19(23-28-20)16-7-3-2-4-8-16)24-11-13-25(14-12-24)29(26,27)18-10-6-5-9-17(18)21/h2-10,15H,11-14H2,1H3. The molecule has 1 saturated heterocycles. The predicted octanol–water partition coefficient (Wildman–Crippen LogP) is 3.46. The first kappa shape index (κ1) is 20.0. The summed E-state index contributed by atoms with van der Waals surface area (Å²) in [7, 11) is -3.62. The molecule has 1 aromatic heterocycles. The van der Waals surface area contributed by atoms with Gasteiger partial charge in [-0.1, -0.05) is 59.2 Å². The Morgan fingerprint density at radius 1 is 1.00 bits per heavy atom. The number of hydrogen-bond donors (Lipinski definition) is 0. The fraction of sp³-hybridized carbons (Fsp3) is 0.300. The number of sulfonamides is 1. The van der Waals surface area contributed by atoms with Gasteiger partial charge in [0.15, 0.2) is 0 Å². The Morgan fingerprint density at radius 3 is 2.34 bits per heavy atom. The van der Waals surface area contributed by atoms with E-state index in [1.165, 1.54) is 10.4 Å². The van der Waals surface area contributed by atoms with Gasteiger partial charge >= 0.3 is 0 Å². The summed E-state index contributed by atoms with van der Waals surface area (Å²) in [5, 5.41) is 4.31. The lowest BCUT2D eigenvalue weighted by Crippen LogP contribution is -2.49. The van der Waals surface area contributed by atoms with Crippen LogP contribution in [0.25, 0.3) is 11.4 Å². The number of piperazine rings is 1. The summed E-state index contributed by atoms with van der Waals surface area (Å²) in [6.07, 6.45) is 0. The van der Waals surface area contributed by atoms with E-state index in [1.54, 1.807) is 18.2 Å². The van der Waals surface area contributed by atoms with Crippen LogP contribution in [-0.2, 0) is 10.0 Å². The molecule has 152 valence electrons. The second kappa shape index (κ2) is 8.23. The largest absolute Gasteiger partial charge is 0.337 e. The van der Waals surface area contributed by atoms with Crippen LogP contribution in [0.5, 0.6) is 0 Å². The number of halogens is 1. The third-order valence-electron chi connectivity index (χ3n) is 5.11. The predicted molar refractivity (Wildman–Crippen MR) is 110 cm³/mol. The lowest BCUT2D eigenvalue weighted by atomic mass is 10.2. The Balaban J connectivity index is 1.43. The maximum absolute atomic E-state index is 12.9. The highest BCUT2D eigenvalue weighted by atomic mass is 35.5. The maximum atomic E-state index is 12.9. The monoisotopic (exact) mass is 432 g/mol. The molecule has 1 aliphatic heterocycles. The van der Waals surface area contributed by atoms with Gasteiger partial charge in [-0.25, -0.2) is 8.42 Å². The number of benzene rings is 2. The van der Waals surface area contributed by atoms with Gasteiger partial charge in [-0.15, -0.1) is 0 Å². The molecule has 0 bridgehead atoms. The average Bonchev–Trinajstić information content (AvgIpc) is 3.24. The van der Waals surface area contributed by atoms with Crippen molar-refractivity contribution >= 4 is 21.6 Å². The molecule has 2 heterocycles. The van der Waals surface area contributed by atoms with Crippen molar-refractivity contribution in [1.29, 1.82) is 0 Å². The lowest BCUT2D eigenvalue weighted by molar-refractivity contribution is 0.124. The van der Waals surface area contributed by atoms with E-state index in [9.17, 15) is 8.42 Å². The summed E-state index contributed by atoms with van der Waals surface area (Å²) in [5.74, 6) is 1.07. The summed E-state index contributed by atoms with van der Waals surface area (Å²) in [6, 6.07) is 16.1. The Bertz CT molecular complexity index is 1080. The van der Waals surface area contributed by atoms with Crippen molar-refractivity contribution in [1.82, 2.24) is 19.3 Å². The first-order valence-electron chi connectivity index (χ1n) is 9.34. The van der Waals surface area contributed by atoms with Crippen LogP contribution in [0.2, 0.25) is 5.02 Å². The quantitative estimate of drug-likeness (QED) is 0.614. The van der Waals surface area contributed by atoms with E-state index < -0.39 is 10.0 Å². The lowest BCUT2D eigenvalue weighted by Gasteiger charge is -2.36. The van der Waals surface area contributed by atoms with Crippen LogP contribution in [0.1, 0.15) is 18.9 Å². The van der Waals surface area contributed by atoms with Gasteiger partial charge in [0, 0.05) is 31.7 Å². The SMILES string of the molecule is CC(c1nc(-c2ccccc2)no1)N1CCN(S(=O)(=O)c2ccccc2Cl)CC1. The Morgan fingerprint density at radius 2 is 1.66 bits per heavy atom. The molecule has 29 heavy (non-hydrogen) atoms. The van der Waals surface area contributed by atoms with E-state index in [4.69, 9.17) is 16.1 Å². The smallest absolute Gasteiger partial charge is 0.244 e. The Labute approximate surface area is 174 Å². The van der Waals surface area contributed by atoms with Gasteiger partial charge < -0.3 is 4.52 Å². The molecule has 0 radical (unpaired) electrons. The second-order valence-electron chi connectivity index (χ2n) is 6.87. The highest BCUT2D eigenvalue weighted by Gasteiger charge is 2.32. The van der Waals surface area contributed by atoms with E-state index in [-0.39, 0.29) is 16.0 Å². The van der Waals surface area contributed by atoms with E-state index >= 15 is 0 Å². The van der Waals surface area contributed by atoms with Crippen LogP contribution in [0, 0.1) is 0 Å². The van der Waals surface area contributed by atoms with Gasteiger partial charge in [0.1, 0.15) is 4.90 Å². The average molecular weight is 433 g/mol. The van der Waals surface area contributed by atoms with Crippen molar-refractivity contribution < 1.29 is 12.9 Å². The summed E-state index contributed by atoms with van der Waals surface area (Å²) < 4.78 is 32.7. The van der Waals surface area contributed by atoms with Crippen LogP contribution in [0.4, 0.5) is 0 Å². The molecule has 0 saturated carbocycles. The van der Waals surface area contributed by atoms with Gasteiger partial charge in [-0.2, -0.15) is 9.29 Å². The molecule has 0 spiro atoms. The zero-order chi connectivity index (χ0) is 20.4. The molecule has 2 aromatic carbocycles. The van der Waals surface area contributed by atoms with Crippen LogP contribution < -0.4 is 0 Å². The molecule has 7 nitrogen and oxygen atoms in total. The van der Waals surface area contributed by atoms with Crippen molar-refractivity contribution in [3.8, 4) is 11.4 Å². The first-order valence-corrected chi connectivity index (χ1v) is 11.2. The molecule has 0 aliphatic carbocycles. The summed E-state index contributed by atoms with van der Waals surface area (Å²) >= 11 is 6.10. The maximum Gasteiger partial charge on any atom is 0.244 e. The zero-order valence-electron chi connectivity index (χ0n) is 15.9. The highest BCUT2D eigenvalue weighted by molar-refractivity contribution is 7.89. The van der Waals surface area contributed by atoms with Gasteiger partial charge in [0.25, 0.3) is 0 Å². The topological polar surface area (TPSA) is 79.5 Å². The highest BCUT2D eigenvalue weighted by Crippen LogP contribution is 2.27. The van der Waals surface area contributed by atoms with Gasteiger partial charge in [-0.3, -0.25) is 4.90 Å². The molecule has 1 atom stereocenters. The molecule has 1 unspecified atom stereocenters. The Kier molecular flexibility index (Phi) is 5.69. The van der Waals surface area contributed by atoms with Crippen LogP contribution >= 0.6 is 11.6 Å². The Hall–Kier alpha value is -2.26. The number of nitrogens with zero attached hydrogens (tertiary/aromatic N) is 4. The summed E-state index contributed by atoms with van der Waals surface area (Å²) in [6.45, 7) is 3.86. The van der Waals surface area contributed by atoms with Gasteiger partial charge in [0.05, 0.1) is 11.1 Å². The number of aromatic nitrogens is 2. The van der Waals surface area contributed by atoms with Crippen molar-refractivity contribution in [3.05, 3.63) is 65.5 Å². The van der Waals surface area contributed by atoms with Crippen LogP contribution in [0.3, 0.4) is 0 Å². The minimum Gasteiger partial charge on any atom is -0.337 e. The van der Waals surface area contributed by atoms with Gasteiger partial charge in [-0.05, 0) is 19.1 Å². The summed E-state index contributed by atoms with van der Waals surface area (Å²) in [4.78, 5) is 6.80. The molecular weight excluding hydrogens is 412 g/mol. The third kappa shape index (κ3) is 4.06. The van der Waals surface area contributed by atoms with Crippen molar-refractivity contribution in [2.75, 3.05) is 26.2 Å². The first-order chi connectivity index (χ1) is 14.0. The number of rotatable bonds is 5. The molecule has 0 N–H and O–H groups in total. The second-order valence-corrected chi connectivity index (χ2v) is 9.18. The molecule has 4 rings (SSSR count). The zero-order valence-corrected chi connectivity index (χ0v) is 17.5. The fourth-order valence-corrected chi connectivity index (χ4v) is 5.31. The van der Waals surface area contributed by atoms with Crippen molar-refractivity contribution in [3.63, 3.8) is 0 Å². The normalized spacial score (nSPS) is 17.3. The minimum absolute atomic E-state index is 0.106. The fourth-order valence-electron chi connectivity index (χ4n) is 3.39. The van der Waals surface area contributed by atoms with Crippen LogP contribution in [0.15, 0.2) is 64.0 Å². The molecule has 1 fully saturated rings. The molecular formula is C20H21ClN4O3S. The van der Waals surface area contributed by atoms with E-state index in [0.29, 0.717) is 37.9 Å². The van der Waals surface area contributed by atoms with Crippen LogP contribution in [-0.4, -0.2) is 53.9 Å². The number of hydrogen-bond acceptors (Lipinski definition) is 6. The molecule has 0 amide bonds. The van der Waals surface area contributed by atoms with Crippen molar-refractivity contribution in [2.45, 2.75) is 17.9 Å². The molecule has 1 aliphatic rings. The minimum atomic E-state index is -3.62. The molecule has 3 aromatic rings. The summed E-state index contributed by atoms with van der Waals surface area (Å²) in [5.41, 5.74) is 0.894. The van der Waals surface area contributed by atoms with E-state index in [2.05, 4.69) is 15.0 Å². The van der Waals surface area contributed by atoms with E-state index in [1.807, 2.05) is 37.3 Å². The van der Waals surface area contributed by atoms with E-state index in [0.717, 1.165) is 5.56 Å². The van der Waals surface area contributed by atoms with Crippen molar-refractivity contribution in [2.24, 2.45) is 0 Å². The van der Waals surface area contributed by atoms with Gasteiger partial charge in [0.2, 0.25) is 21.7 Å². The third-order valence-corrected chi connectivity index (χ3v) is 7.50.